The van der Waals surface area contributed by atoms with Crippen LogP contribution in [0, 0.1) is 6.92 Å². The quantitative estimate of drug-likeness (QED) is 0.152. The molecule has 0 spiro atoms. The molecule has 0 saturated carbocycles. The van der Waals surface area contributed by atoms with Gasteiger partial charge < -0.3 is 15.4 Å². The molecule has 4 aromatic rings. The van der Waals surface area contributed by atoms with Crippen LogP contribution in [-0.2, 0) is 6.54 Å². The van der Waals surface area contributed by atoms with Gasteiger partial charge in [-0.25, -0.2) is 4.98 Å². The predicted molar refractivity (Wildman–Crippen MR) is 209 cm³/mol. The Labute approximate surface area is 299 Å². The first-order valence-corrected chi connectivity index (χ1v) is 18.8. The molecule has 2 heterocycles. The number of ether oxygens (including phenoxy) is 1. The topological polar surface area (TPSA) is 62.3 Å². The summed E-state index contributed by atoms with van der Waals surface area (Å²) in [5.74, 6) is 2.32. The highest BCUT2D eigenvalue weighted by molar-refractivity contribution is 8.00. The van der Waals surface area contributed by atoms with Gasteiger partial charge in [0.2, 0.25) is 5.95 Å². The lowest BCUT2D eigenvalue weighted by Gasteiger charge is -2.33. The van der Waals surface area contributed by atoms with Crippen molar-refractivity contribution < 1.29 is 4.74 Å². The number of benzene rings is 3. The van der Waals surface area contributed by atoms with Gasteiger partial charge in [0.25, 0.3) is 0 Å². The third kappa shape index (κ3) is 12.0. The van der Waals surface area contributed by atoms with Crippen molar-refractivity contribution in [3.05, 3.63) is 94.6 Å². The molecule has 0 unspecified atom stereocenters. The number of anilines is 4. The molecule has 1 fully saturated rings. The molecule has 3 aromatic carbocycles. The number of nitrogens with zero attached hydrogens (tertiary/aromatic N) is 3. The highest BCUT2D eigenvalue weighted by atomic mass is 35.5. The zero-order valence-electron chi connectivity index (χ0n) is 30.4. The van der Waals surface area contributed by atoms with Crippen molar-refractivity contribution in [1.82, 2.24) is 14.9 Å². The SMILES string of the molecule is CC.CCC.Cc1cc(Nc2ncc(Cl)c(Nc3ccccc3SC(C)C)n2)c(OC(C)C)cc1C1CCN(Cc2ccccc2)CC1. The summed E-state index contributed by atoms with van der Waals surface area (Å²) in [5.41, 5.74) is 5.79. The van der Waals surface area contributed by atoms with Crippen LogP contribution in [0.3, 0.4) is 0 Å². The molecule has 48 heavy (non-hydrogen) atoms. The van der Waals surface area contributed by atoms with E-state index in [2.05, 4.69) is 118 Å². The van der Waals surface area contributed by atoms with Gasteiger partial charge in [-0.3, -0.25) is 4.90 Å². The van der Waals surface area contributed by atoms with E-state index in [4.69, 9.17) is 21.3 Å². The van der Waals surface area contributed by atoms with E-state index in [9.17, 15) is 0 Å². The number of halogens is 1. The van der Waals surface area contributed by atoms with Gasteiger partial charge in [-0.2, -0.15) is 4.98 Å². The van der Waals surface area contributed by atoms with Gasteiger partial charge in [-0.1, -0.05) is 102 Å². The zero-order valence-corrected chi connectivity index (χ0v) is 32.0. The molecule has 5 rings (SSSR count). The second-order valence-electron chi connectivity index (χ2n) is 12.4. The number of hydrogen-bond acceptors (Lipinski definition) is 7. The smallest absolute Gasteiger partial charge is 0.229 e. The lowest BCUT2D eigenvalue weighted by molar-refractivity contribution is 0.204. The number of aryl methyl sites for hydroxylation is 1. The average Bonchev–Trinajstić information content (AvgIpc) is 3.06. The van der Waals surface area contributed by atoms with Gasteiger partial charge in [0, 0.05) is 16.7 Å². The normalized spacial score (nSPS) is 13.3. The van der Waals surface area contributed by atoms with Crippen molar-refractivity contribution in [3.8, 4) is 5.75 Å². The molecule has 1 aromatic heterocycles. The van der Waals surface area contributed by atoms with Gasteiger partial charge in [-0.05, 0) is 93.6 Å². The van der Waals surface area contributed by atoms with Crippen molar-refractivity contribution in [1.29, 1.82) is 0 Å². The number of likely N-dealkylation sites (tertiary alicyclic amines) is 1. The monoisotopic (exact) mass is 689 g/mol. The van der Waals surface area contributed by atoms with Crippen LogP contribution in [0.4, 0.5) is 23.1 Å². The number of aromatic nitrogens is 2. The third-order valence-electron chi connectivity index (χ3n) is 7.50. The molecule has 0 radical (unpaired) electrons. The summed E-state index contributed by atoms with van der Waals surface area (Å²) in [5, 5.41) is 7.76. The van der Waals surface area contributed by atoms with E-state index in [0.717, 1.165) is 54.5 Å². The standard InChI is InChI=1S/C35H42ClN5OS.C3H8.C2H6/c1-23(2)42-32-20-28(27-15-17-41(18-16-27)22-26-11-7-6-8-12-26)25(5)19-31(32)39-35-37-21-29(36)34(40-35)38-30-13-9-10-14-33(30)43-24(3)4;1-3-2;1-2/h6-14,19-21,23-24,27H,15-18,22H2,1-5H3,(H2,37,38,39,40);3H2,1-2H3;1-2H3. The molecule has 6 nitrogen and oxygen atoms in total. The van der Waals surface area contributed by atoms with E-state index in [1.807, 2.05) is 32.0 Å². The second kappa shape index (κ2) is 20.3. The molecular weight excluding hydrogens is 634 g/mol. The molecule has 2 N–H and O–H groups in total. The van der Waals surface area contributed by atoms with Crippen LogP contribution in [0.1, 0.15) is 97.3 Å². The summed E-state index contributed by atoms with van der Waals surface area (Å²) in [6.45, 7) is 22.1. The predicted octanol–water partition coefficient (Wildman–Crippen LogP) is 12.0. The molecule has 260 valence electrons. The van der Waals surface area contributed by atoms with E-state index in [1.165, 1.54) is 23.1 Å². The Morgan fingerprint density at radius 2 is 1.56 bits per heavy atom. The Balaban J connectivity index is 0.00000118. The Morgan fingerprint density at radius 1 is 0.917 bits per heavy atom. The number of hydrogen-bond donors (Lipinski definition) is 2. The average molecular weight is 690 g/mol. The largest absolute Gasteiger partial charge is 0.489 e. The highest BCUT2D eigenvalue weighted by Crippen LogP contribution is 2.39. The van der Waals surface area contributed by atoms with Crippen LogP contribution in [-0.4, -0.2) is 39.3 Å². The van der Waals surface area contributed by atoms with Gasteiger partial charge >= 0.3 is 0 Å². The third-order valence-corrected chi connectivity index (χ3v) is 8.86. The van der Waals surface area contributed by atoms with Crippen molar-refractivity contribution in [2.24, 2.45) is 0 Å². The van der Waals surface area contributed by atoms with Crippen molar-refractivity contribution in [3.63, 3.8) is 0 Å². The van der Waals surface area contributed by atoms with Crippen LogP contribution >= 0.6 is 23.4 Å². The highest BCUT2D eigenvalue weighted by Gasteiger charge is 2.24. The molecule has 0 atom stereocenters. The summed E-state index contributed by atoms with van der Waals surface area (Å²) in [6, 6.07) is 23.3. The zero-order chi connectivity index (χ0) is 35.1. The number of piperidine rings is 1. The van der Waals surface area contributed by atoms with E-state index in [-0.39, 0.29) is 6.10 Å². The number of rotatable bonds is 11. The minimum atomic E-state index is 0.0298. The fourth-order valence-electron chi connectivity index (χ4n) is 5.53. The lowest BCUT2D eigenvalue weighted by Crippen LogP contribution is -2.32. The van der Waals surface area contributed by atoms with Crippen LogP contribution in [0.2, 0.25) is 5.02 Å². The second-order valence-corrected chi connectivity index (χ2v) is 14.4. The fourth-order valence-corrected chi connectivity index (χ4v) is 6.58. The minimum Gasteiger partial charge on any atom is -0.489 e. The van der Waals surface area contributed by atoms with Gasteiger partial charge in [0.1, 0.15) is 10.8 Å². The van der Waals surface area contributed by atoms with Crippen molar-refractivity contribution >= 4 is 46.5 Å². The molecular formula is C40H56ClN5OS. The lowest BCUT2D eigenvalue weighted by atomic mass is 9.86. The summed E-state index contributed by atoms with van der Waals surface area (Å²) in [6.07, 6.45) is 5.17. The minimum absolute atomic E-state index is 0.0298. The Kier molecular flexibility index (Phi) is 16.6. The van der Waals surface area contributed by atoms with Crippen LogP contribution < -0.4 is 15.4 Å². The van der Waals surface area contributed by atoms with Crippen molar-refractivity contribution in [2.45, 2.75) is 110 Å². The maximum Gasteiger partial charge on any atom is 0.229 e. The van der Waals surface area contributed by atoms with E-state index in [0.29, 0.717) is 28.0 Å². The van der Waals surface area contributed by atoms with E-state index in [1.54, 1.807) is 18.0 Å². The number of thioether (sulfide) groups is 1. The first-order chi connectivity index (χ1) is 23.2. The molecule has 0 amide bonds. The number of para-hydroxylation sites is 1. The van der Waals surface area contributed by atoms with Gasteiger partial charge in [0.15, 0.2) is 5.82 Å². The molecule has 0 bridgehead atoms. The van der Waals surface area contributed by atoms with Crippen LogP contribution in [0.5, 0.6) is 5.75 Å². The number of nitrogens with one attached hydrogen (secondary N) is 2. The first kappa shape index (κ1) is 39.2. The van der Waals surface area contributed by atoms with Crippen LogP contribution in [0.15, 0.2) is 77.8 Å². The Hall–Kier alpha value is -3.26. The van der Waals surface area contributed by atoms with Gasteiger partial charge in [-0.15, -0.1) is 11.8 Å². The van der Waals surface area contributed by atoms with E-state index >= 15 is 0 Å². The van der Waals surface area contributed by atoms with Crippen molar-refractivity contribution in [2.75, 3.05) is 23.7 Å². The van der Waals surface area contributed by atoms with Gasteiger partial charge in [0.05, 0.1) is 23.7 Å². The summed E-state index contributed by atoms with van der Waals surface area (Å²) in [4.78, 5) is 12.9. The Bertz CT molecular complexity index is 1520. The van der Waals surface area contributed by atoms with Crippen LogP contribution in [0.25, 0.3) is 0 Å². The maximum atomic E-state index is 6.54. The summed E-state index contributed by atoms with van der Waals surface area (Å²) in [7, 11) is 0. The first-order valence-electron chi connectivity index (χ1n) is 17.6. The molecule has 1 saturated heterocycles. The summed E-state index contributed by atoms with van der Waals surface area (Å²) < 4.78 is 6.33. The maximum absolute atomic E-state index is 6.54. The molecule has 1 aliphatic heterocycles. The summed E-state index contributed by atoms with van der Waals surface area (Å²) >= 11 is 8.34. The molecule has 1 aliphatic rings. The van der Waals surface area contributed by atoms with E-state index < -0.39 is 0 Å². The molecule has 0 aliphatic carbocycles. The Morgan fingerprint density at radius 3 is 2.21 bits per heavy atom. The molecule has 8 heteroatoms. The fraction of sp³-hybridized carbons (Fsp3) is 0.450.